The number of nitrogens with one attached hydrogen (secondary N) is 1. The Hall–Kier alpha value is -0.710. The summed E-state index contributed by atoms with van der Waals surface area (Å²) in [7, 11) is 0. The third-order valence-corrected chi connectivity index (χ3v) is 4.40. The quantitative estimate of drug-likeness (QED) is 0.745. The van der Waals surface area contributed by atoms with E-state index in [0.29, 0.717) is 0 Å². The standard InChI is InChI=1S/C16H26N2OS/c1-2-7-17-14-15-3-5-16(6-4-15)19-11-8-18-9-12-20-13-10-18/h3-6,17H,2,7-14H2,1H3. The fraction of sp³-hybridized carbons (Fsp3) is 0.625. The highest BCUT2D eigenvalue weighted by Crippen LogP contribution is 2.13. The first-order valence-electron chi connectivity index (χ1n) is 7.61. The molecule has 2 rings (SSSR count). The van der Waals surface area contributed by atoms with E-state index < -0.39 is 0 Å². The molecule has 3 nitrogen and oxygen atoms in total. The van der Waals surface area contributed by atoms with E-state index in [2.05, 4.69) is 41.4 Å². The van der Waals surface area contributed by atoms with Crippen molar-refractivity contribution in [2.45, 2.75) is 19.9 Å². The van der Waals surface area contributed by atoms with Crippen LogP contribution in [0.5, 0.6) is 5.75 Å². The lowest BCUT2D eigenvalue weighted by Crippen LogP contribution is -2.35. The fourth-order valence-electron chi connectivity index (χ4n) is 2.23. The molecule has 1 aromatic carbocycles. The van der Waals surface area contributed by atoms with Gasteiger partial charge in [0.1, 0.15) is 12.4 Å². The highest BCUT2D eigenvalue weighted by atomic mass is 32.2. The van der Waals surface area contributed by atoms with Crippen LogP contribution in [0.1, 0.15) is 18.9 Å². The maximum Gasteiger partial charge on any atom is 0.119 e. The largest absolute Gasteiger partial charge is 0.492 e. The number of hydrogen-bond donors (Lipinski definition) is 1. The van der Waals surface area contributed by atoms with E-state index in [1.807, 2.05) is 11.8 Å². The Labute approximate surface area is 127 Å². The molecule has 4 heteroatoms. The van der Waals surface area contributed by atoms with E-state index in [0.717, 1.165) is 32.0 Å². The summed E-state index contributed by atoms with van der Waals surface area (Å²) in [4.78, 5) is 2.49. The molecule has 1 aliphatic heterocycles. The zero-order valence-electron chi connectivity index (χ0n) is 12.4. The molecule has 112 valence electrons. The van der Waals surface area contributed by atoms with E-state index in [4.69, 9.17) is 4.74 Å². The van der Waals surface area contributed by atoms with Crippen LogP contribution in [-0.2, 0) is 6.54 Å². The fourth-order valence-corrected chi connectivity index (χ4v) is 3.21. The molecule has 0 amide bonds. The summed E-state index contributed by atoms with van der Waals surface area (Å²) in [5.74, 6) is 3.51. The van der Waals surface area contributed by atoms with Gasteiger partial charge >= 0.3 is 0 Å². The van der Waals surface area contributed by atoms with Gasteiger partial charge < -0.3 is 10.1 Å². The summed E-state index contributed by atoms with van der Waals surface area (Å²) in [6, 6.07) is 8.45. The Bertz CT molecular complexity index is 363. The van der Waals surface area contributed by atoms with Gasteiger partial charge in [-0.1, -0.05) is 19.1 Å². The first kappa shape index (κ1) is 15.7. The summed E-state index contributed by atoms with van der Waals surface area (Å²) < 4.78 is 5.82. The van der Waals surface area contributed by atoms with Gasteiger partial charge in [0.15, 0.2) is 0 Å². The Morgan fingerprint density at radius 2 is 1.95 bits per heavy atom. The molecule has 1 saturated heterocycles. The molecule has 0 aromatic heterocycles. The predicted octanol–water partition coefficient (Wildman–Crippen LogP) is 2.61. The van der Waals surface area contributed by atoms with E-state index in [1.54, 1.807) is 0 Å². The summed E-state index contributed by atoms with van der Waals surface area (Å²) in [5.41, 5.74) is 1.32. The van der Waals surface area contributed by atoms with Crippen LogP contribution >= 0.6 is 11.8 Å². The van der Waals surface area contributed by atoms with Crippen LogP contribution in [-0.4, -0.2) is 49.2 Å². The maximum absolute atomic E-state index is 5.82. The molecule has 0 saturated carbocycles. The minimum absolute atomic E-state index is 0.790. The lowest BCUT2D eigenvalue weighted by Gasteiger charge is -2.25. The van der Waals surface area contributed by atoms with Crippen molar-refractivity contribution in [3.8, 4) is 5.75 Å². The molecular formula is C16H26N2OS. The average Bonchev–Trinajstić information content (AvgIpc) is 2.50. The van der Waals surface area contributed by atoms with Crippen molar-refractivity contribution in [2.75, 3.05) is 44.3 Å². The van der Waals surface area contributed by atoms with Gasteiger partial charge in [0.2, 0.25) is 0 Å². The number of rotatable bonds is 8. The van der Waals surface area contributed by atoms with Crippen LogP contribution in [0.4, 0.5) is 0 Å². The first-order valence-corrected chi connectivity index (χ1v) is 8.76. The molecule has 0 aliphatic carbocycles. The van der Waals surface area contributed by atoms with E-state index in [-0.39, 0.29) is 0 Å². The third kappa shape index (κ3) is 5.73. The molecule has 0 radical (unpaired) electrons. The SMILES string of the molecule is CCCNCc1ccc(OCCN2CCSCC2)cc1. The summed E-state index contributed by atoms with van der Waals surface area (Å²) >= 11 is 2.05. The molecule has 1 heterocycles. The van der Waals surface area contributed by atoms with Gasteiger partial charge in [0.25, 0.3) is 0 Å². The zero-order chi connectivity index (χ0) is 14.0. The highest BCUT2D eigenvalue weighted by Gasteiger charge is 2.09. The lowest BCUT2D eigenvalue weighted by atomic mass is 10.2. The van der Waals surface area contributed by atoms with Crippen LogP contribution in [0.3, 0.4) is 0 Å². The number of hydrogen-bond acceptors (Lipinski definition) is 4. The summed E-state index contributed by atoms with van der Waals surface area (Å²) in [6.45, 7) is 8.45. The number of thioether (sulfide) groups is 1. The number of ether oxygens (including phenoxy) is 1. The van der Waals surface area contributed by atoms with Crippen LogP contribution < -0.4 is 10.1 Å². The molecular weight excluding hydrogens is 268 g/mol. The molecule has 1 fully saturated rings. The number of nitrogens with zero attached hydrogens (tertiary/aromatic N) is 1. The molecule has 0 unspecified atom stereocenters. The van der Waals surface area contributed by atoms with E-state index >= 15 is 0 Å². The Kier molecular flexibility index (Phi) is 7.26. The minimum Gasteiger partial charge on any atom is -0.492 e. The second-order valence-electron chi connectivity index (χ2n) is 5.12. The van der Waals surface area contributed by atoms with Crippen molar-refractivity contribution >= 4 is 11.8 Å². The summed E-state index contributed by atoms with van der Waals surface area (Å²) in [5, 5.41) is 3.41. The molecule has 1 aromatic rings. The average molecular weight is 294 g/mol. The Morgan fingerprint density at radius 1 is 1.20 bits per heavy atom. The van der Waals surface area contributed by atoms with Crippen LogP contribution in [0.15, 0.2) is 24.3 Å². The molecule has 0 atom stereocenters. The van der Waals surface area contributed by atoms with Crippen LogP contribution in [0, 0.1) is 0 Å². The minimum atomic E-state index is 0.790. The van der Waals surface area contributed by atoms with E-state index in [1.165, 1.54) is 36.6 Å². The molecule has 1 N–H and O–H groups in total. The second-order valence-corrected chi connectivity index (χ2v) is 6.35. The van der Waals surface area contributed by atoms with Gasteiger partial charge in [-0.3, -0.25) is 4.90 Å². The van der Waals surface area contributed by atoms with Gasteiger partial charge in [-0.2, -0.15) is 11.8 Å². The van der Waals surface area contributed by atoms with Crippen molar-refractivity contribution in [3.63, 3.8) is 0 Å². The second kappa shape index (κ2) is 9.27. The molecule has 20 heavy (non-hydrogen) atoms. The third-order valence-electron chi connectivity index (χ3n) is 3.46. The Morgan fingerprint density at radius 3 is 2.65 bits per heavy atom. The number of benzene rings is 1. The van der Waals surface area contributed by atoms with Crippen LogP contribution in [0.25, 0.3) is 0 Å². The van der Waals surface area contributed by atoms with Gasteiger partial charge in [0, 0.05) is 37.7 Å². The van der Waals surface area contributed by atoms with Crippen LogP contribution in [0.2, 0.25) is 0 Å². The normalized spacial score (nSPS) is 16.2. The van der Waals surface area contributed by atoms with Crippen molar-refractivity contribution in [3.05, 3.63) is 29.8 Å². The summed E-state index contributed by atoms with van der Waals surface area (Å²) in [6.07, 6.45) is 1.18. The van der Waals surface area contributed by atoms with Gasteiger partial charge in [-0.05, 0) is 30.7 Å². The van der Waals surface area contributed by atoms with Crippen molar-refractivity contribution in [2.24, 2.45) is 0 Å². The van der Waals surface area contributed by atoms with Crippen molar-refractivity contribution in [1.29, 1.82) is 0 Å². The smallest absolute Gasteiger partial charge is 0.119 e. The first-order chi connectivity index (χ1) is 9.88. The van der Waals surface area contributed by atoms with Gasteiger partial charge in [-0.25, -0.2) is 0 Å². The Balaban J connectivity index is 1.65. The molecule has 0 bridgehead atoms. The van der Waals surface area contributed by atoms with Crippen molar-refractivity contribution < 1.29 is 4.74 Å². The topological polar surface area (TPSA) is 24.5 Å². The predicted molar refractivity (Wildman–Crippen MR) is 87.7 cm³/mol. The molecule has 1 aliphatic rings. The lowest BCUT2D eigenvalue weighted by molar-refractivity contribution is 0.222. The molecule has 0 spiro atoms. The van der Waals surface area contributed by atoms with Gasteiger partial charge in [0.05, 0.1) is 0 Å². The maximum atomic E-state index is 5.82. The highest BCUT2D eigenvalue weighted by molar-refractivity contribution is 7.99. The van der Waals surface area contributed by atoms with Gasteiger partial charge in [-0.15, -0.1) is 0 Å². The zero-order valence-corrected chi connectivity index (χ0v) is 13.3. The monoisotopic (exact) mass is 294 g/mol. The van der Waals surface area contributed by atoms with E-state index in [9.17, 15) is 0 Å². The van der Waals surface area contributed by atoms with Crippen molar-refractivity contribution in [1.82, 2.24) is 10.2 Å².